The maximum absolute atomic E-state index is 8.81. The van der Waals surface area contributed by atoms with Crippen molar-refractivity contribution in [3.8, 4) is 0 Å². The van der Waals surface area contributed by atoms with E-state index in [0.29, 0.717) is 0 Å². The summed E-state index contributed by atoms with van der Waals surface area (Å²) in [5.74, 6) is 0. The second-order valence-electron chi connectivity index (χ2n) is 0.236. The summed E-state index contributed by atoms with van der Waals surface area (Å²) in [6, 6.07) is 0. The fraction of sp³-hybridized carbons (Fsp3) is 0.500. The van der Waals surface area contributed by atoms with Gasteiger partial charge in [-0.25, -0.2) is 0 Å². The minimum absolute atomic E-state index is 0. The van der Waals surface area contributed by atoms with E-state index in [2.05, 4.69) is 0 Å². The fourth-order valence-corrected chi connectivity index (χ4v) is 0. The fourth-order valence-electron chi connectivity index (χ4n) is 0. The molecule has 0 fully saturated rings. The third-order valence-corrected chi connectivity index (χ3v) is 0. The summed E-state index contributed by atoms with van der Waals surface area (Å²) in [5.41, 5.74) is 0. The number of hydrogen-bond acceptors (Lipinski definition) is 1. The van der Waals surface area contributed by atoms with Crippen LogP contribution in [0.1, 0.15) is 6.92 Å². The second-order valence-corrected chi connectivity index (χ2v) is 0.236. The molecule has 0 atom stereocenters. The molecule has 0 aliphatic carbocycles. The number of aldehydes is 1. The molecule has 5 heavy (non-hydrogen) atoms. The van der Waals surface area contributed by atoms with Crippen LogP contribution in [0, 0.1) is 0 Å². The van der Waals surface area contributed by atoms with Crippen molar-refractivity contribution in [2.24, 2.45) is 0 Å². The van der Waals surface area contributed by atoms with Gasteiger partial charge in [-0.15, -0.1) is 0 Å². The molecule has 0 rings (SSSR count). The van der Waals surface area contributed by atoms with Crippen LogP contribution in [0.15, 0.2) is 0 Å². The van der Waals surface area contributed by atoms with Crippen LogP contribution < -0.4 is 0 Å². The Morgan fingerprint density at radius 3 is 1.60 bits per heavy atom. The summed E-state index contributed by atoms with van der Waals surface area (Å²) in [6.07, 6.45) is 0.750. The van der Waals surface area contributed by atoms with Crippen LogP contribution in [0.5, 0.6) is 0 Å². The van der Waals surface area contributed by atoms with Crippen molar-refractivity contribution in [1.29, 1.82) is 0 Å². The maximum atomic E-state index is 8.81. The molecule has 2 N–H and O–H groups in total. The van der Waals surface area contributed by atoms with Crippen LogP contribution in [0.4, 0.5) is 0 Å². The molecule has 2 nitrogen and oxygen atoms in total. The summed E-state index contributed by atoms with van der Waals surface area (Å²) in [7, 11) is 0. The van der Waals surface area contributed by atoms with E-state index < -0.39 is 0 Å². The second kappa shape index (κ2) is 24.3. The van der Waals surface area contributed by atoms with Crippen molar-refractivity contribution in [1.82, 2.24) is 0 Å². The average Bonchev–Trinajstić information content (AvgIpc) is 0.918. The van der Waals surface area contributed by atoms with Crippen LogP contribution in [0.3, 0.4) is 0 Å². The Bertz CT molecular complexity index is 15.1. The summed E-state index contributed by atoms with van der Waals surface area (Å²) >= 11 is 0. The third-order valence-electron chi connectivity index (χ3n) is 0. The molecule has 0 aromatic carbocycles. The van der Waals surface area contributed by atoms with E-state index in [4.69, 9.17) is 4.79 Å². The molecule has 0 bridgehead atoms. The van der Waals surface area contributed by atoms with E-state index in [0.717, 1.165) is 6.29 Å². The Morgan fingerprint density at radius 1 is 1.60 bits per heavy atom. The first-order valence-corrected chi connectivity index (χ1v) is 0.813. The molecule has 0 spiro atoms. The van der Waals surface area contributed by atoms with Gasteiger partial charge in [0.1, 0.15) is 6.29 Å². The average molecular weight is 153 g/mol. The minimum atomic E-state index is 0. The van der Waals surface area contributed by atoms with E-state index in [1.165, 1.54) is 6.92 Å². The summed E-state index contributed by atoms with van der Waals surface area (Å²) in [6.45, 7) is 1.44. The van der Waals surface area contributed by atoms with Crippen LogP contribution >= 0.6 is 0 Å². The molecule has 0 aromatic rings. The summed E-state index contributed by atoms with van der Waals surface area (Å²) in [5, 5.41) is 0. The zero-order valence-corrected chi connectivity index (χ0v) is 5.44. The Morgan fingerprint density at radius 2 is 1.60 bits per heavy atom. The van der Waals surface area contributed by atoms with Gasteiger partial charge >= 0.3 is 0 Å². The van der Waals surface area contributed by atoms with Crippen LogP contribution in [0.2, 0.25) is 0 Å². The van der Waals surface area contributed by atoms with E-state index in [1.54, 1.807) is 0 Å². The smallest absolute Gasteiger partial charge is 0.116 e. The minimum Gasteiger partial charge on any atom is -0.412 e. The van der Waals surface area contributed by atoms with Gasteiger partial charge in [0.25, 0.3) is 0 Å². The van der Waals surface area contributed by atoms with E-state index in [-0.39, 0.29) is 31.7 Å². The van der Waals surface area contributed by atoms with Gasteiger partial charge in [0, 0.05) is 26.2 Å². The van der Waals surface area contributed by atoms with Crippen molar-refractivity contribution in [2.75, 3.05) is 0 Å². The number of carbonyl (C=O) groups excluding carboxylic acids is 1. The molecule has 0 saturated heterocycles. The summed E-state index contributed by atoms with van der Waals surface area (Å²) < 4.78 is 0. The van der Waals surface area contributed by atoms with Crippen molar-refractivity contribution >= 4 is 6.29 Å². The zero-order chi connectivity index (χ0) is 2.71. The maximum Gasteiger partial charge on any atom is 0.116 e. The molecule has 0 unspecified atom stereocenters. The van der Waals surface area contributed by atoms with Gasteiger partial charge in [-0.3, -0.25) is 0 Å². The molecule has 0 saturated carbocycles. The number of rotatable bonds is 0. The SMILES string of the molecule is CC=O.O.[Zr]. The quantitative estimate of drug-likeness (QED) is 0.428. The van der Waals surface area contributed by atoms with Crippen molar-refractivity contribution in [2.45, 2.75) is 6.92 Å². The van der Waals surface area contributed by atoms with Gasteiger partial charge < -0.3 is 10.3 Å². The predicted molar refractivity (Wildman–Crippen MR) is 15.4 cm³/mol. The van der Waals surface area contributed by atoms with Crippen LogP contribution in [-0.4, -0.2) is 11.8 Å². The first-order valence-electron chi connectivity index (χ1n) is 0.813. The Balaban J connectivity index is -0.0000000200. The van der Waals surface area contributed by atoms with Gasteiger partial charge in [0.15, 0.2) is 0 Å². The topological polar surface area (TPSA) is 48.6 Å². The molecular formula is C2H6O2Zr. The van der Waals surface area contributed by atoms with Crippen molar-refractivity contribution < 1.29 is 36.5 Å². The predicted octanol–water partition coefficient (Wildman–Crippen LogP) is -0.622. The van der Waals surface area contributed by atoms with Gasteiger partial charge in [0.2, 0.25) is 0 Å². The van der Waals surface area contributed by atoms with Crippen LogP contribution in [-0.2, 0) is 31.0 Å². The van der Waals surface area contributed by atoms with Crippen LogP contribution in [0.25, 0.3) is 0 Å². The van der Waals surface area contributed by atoms with Gasteiger partial charge in [-0.2, -0.15) is 0 Å². The molecule has 0 amide bonds. The first kappa shape index (κ1) is 17.8. The van der Waals surface area contributed by atoms with E-state index in [1.807, 2.05) is 0 Å². The Labute approximate surface area is 50.0 Å². The molecule has 30 valence electrons. The number of carbonyl (C=O) groups is 1. The first-order chi connectivity index (χ1) is 1.41. The molecule has 0 radical (unpaired) electrons. The summed E-state index contributed by atoms with van der Waals surface area (Å²) in [4.78, 5) is 8.81. The Kier molecular flexibility index (Phi) is 86.5. The molecule has 0 aromatic heterocycles. The molecule has 0 aliphatic heterocycles. The van der Waals surface area contributed by atoms with Gasteiger partial charge in [-0.1, -0.05) is 0 Å². The van der Waals surface area contributed by atoms with Crippen molar-refractivity contribution in [3.63, 3.8) is 0 Å². The van der Waals surface area contributed by atoms with Gasteiger partial charge in [0.05, 0.1) is 0 Å². The molecule has 3 heteroatoms. The van der Waals surface area contributed by atoms with E-state index >= 15 is 0 Å². The van der Waals surface area contributed by atoms with Crippen molar-refractivity contribution in [3.05, 3.63) is 0 Å². The Hall–Kier alpha value is 0.513. The number of hydrogen-bond donors (Lipinski definition) is 0. The standard InChI is InChI=1S/C2H4O.H2O.Zr/c1-2-3;;/h2H,1H3;1H2;. The molecular weight excluding hydrogens is 147 g/mol. The normalized spacial score (nSPS) is 2.60. The molecule has 0 heterocycles. The monoisotopic (exact) mass is 152 g/mol. The zero-order valence-electron chi connectivity index (χ0n) is 2.99. The van der Waals surface area contributed by atoms with Gasteiger partial charge in [-0.05, 0) is 6.92 Å². The third kappa shape index (κ3) is 108. The largest absolute Gasteiger partial charge is 0.412 e. The molecule has 0 aliphatic rings. The van der Waals surface area contributed by atoms with E-state index in [9.17, 15) is 0 Å².